The highest BCUT2D eigenvalue weighted by atomic mass is 32.1. The number of anilines is 1. The van der Waals surface area contributed by atoms with E-state index < -0.39 is 23.3 Å². The summed E-state index contributed by atoms with van der Waals surface area (Å²) >= 11 is 1.61. The van der Waals surface area contributed by atoms with Crippen LogP contribution in [-0.4, -0.2) is 147 Å². The lowest BCUT2D eigenvalue weighted by molar-refractivity contribution is -0.144. The number of nitrogens with zero attached hydrogens (tertiary/aromatic N) is 8. The molecule has 5 fully saturated rings. The molecule has 3 aromatic carbocycles. The van der Waals surface area contributed by atoms with Gasteiger partial charge in [-0.05, 0) is 135 Å². The van der Waals surface area contributed by atoms with E-state index in [2.05, 4.69) is 54.7 Å². The number of thiazole rings is 1. The van der Waals surface area contributed by atoms with Gasteiger partial charge in [-0.3, -0.25) is 29.2 Å². The zero-order valence-electron chi connectivity index (χ0n) is 46.6. The maximum Gasteiger partial charge on any atom is 0.319 e. The fraction of sp³-hybridized carbons (Fsp3) is 0.525. The summed E-state index contributed by atoms with van der Waals surface area (Å²) in [5.41, 5.74) is 6.21. The molecule has 6 aromatic rings. The Bertz CT molecular complexity index is 3200. The Kier molecular flexibility index (Phi) is 15.9. The molecule has 16 nitrogen and oxygen atoms in total. The number of hydrogen-bond acceptors (Lipinski definition) is 14. The summed E-state index contributed by atoms with van der Waals surface area (Å²) in [4.78, 5) is 70.1. The van der Waals surface area contributed by atoms with Crippen LogP contribution in [0.4, 0.5) is 10.2 Å². The van der Waals surface area contributed by atoms with Crippen LogP contribution in [0.3, 0.4) is 0 Å². The van der Waals surface area contributed by atoms with Crippen LogP contribution in [0.2, 0.25) is 0 Å². The maximum atomic E-state index is 17.1. The van der Waals surface area contributed by atoms with Crippen LogP contribution in [0.1, 0.15) is 102 Å². The Morgan fingerprint density at radius 3 is 2.38 bits per heavy atom. The number of pyridine rings is 1. The number of phenolic OH excluding ortho intramolecular Hbond substituents is 1. The van der Waals surface area contributed by atoms with Gasteiger partial charge in [0, 0.05) is 63.1 Å². The monoisotopic (exact) mass is 1090 g/mol. The summed E-state index contributed by atoms with van der Waals surface area (Å²) in [6.45, 7) is 18.8. The van der Waals surface area contributed by atoms with Gasteiger partial charge < -0.3 is 35.6 Å². The van der Waals surface area contributed by atoms with Gasteiger partial charge in [0.05, 0.1) is 34.1 Å². The predicted molar refractivity (Wildman–Crippen MR) is 308 cm³/mol. The van der Waals surface area contributed by atoms with Gasteiger partial charge in [0.2, 0.25) is 17.7 Å². The van der Waals surface area contributed by atoms with Gasteiger partial charge in [-0.25, -0.2) is 9.37 Å². The molecule has 3 aromatic heterocycles. The molecule has 5 aliphatic heterocycles. The number of carbonyl (C=O) groups excluding carboxylic acids is 3. The summed E-state index contributed by atoms with van der Waals surface area (Å²) in [5, 5.41) is 22.9. The Labute approximate surface area is 466 Å². The predicted octanol–water partition coefficient (Wildman–Crippen LogP) is 8.44. The third kappa shape index (κ3) is 11.8. The highest BCUT2D eigenvalue weighted by Gasteiger charge is 2.43. The first kappa shape index (κ1) is 54.6. The van der Waals surface area contributed by atoms with E-state index in [4.69, 9.17) is 19.7 Å². The highest BCUT2D eigenvalue weighted by Crippen LogP contribution is 2.40. The molecule has 0 radical (unpaired) electrons. The standard InChI is InChI=1S/C61H76FN11O5S/c1-7-40-10-8-11-43-27-46(74)28-47(51(40)43)53-52(62)54-48(29-63-53)57(72-32-44-17-18-45(33-72)66-44)69-60(68-54)78-25-24-70-22-19-38(20-23-70)26-39-30-71(31-39)34-50(75)67-56(61(4,5)6)59(77)73-21-9-12-49(73)58(76)65-36(2)41-13-15-42(16-14-41)55-37(3)64-35-79-55/h8,10-11,13-16,27-29,35-36,38-39,44-45,49,56,66,74H,7,9,12,17-26,30-34H2,1-6H3,(H,65,76)(H,67,75). The van der Waals surface area contributed by atoms with Crippen molar-refractivity contribution in [2.45, 2.75) is 123 Å². The second-order valence-electron chi connectivity index (χ2n) is 24.0. The minimum Gasteiger partial charge on any atom is -0.508 e. The third-order valence-corrected chi connectivity index (χ3v) is 18.3. The number of amides is 3. The van der Waals surface area contributed by atoms with Gasteiger partial charge in [0.15, 0.2) is 5.82 Å². The number of carbonyl (C=O) groups is 3. The molecule has 79 heavy (non-hydrogen) atoms. The van der Waals surface area contributed by atoms with Gasteiger partial charge in [-0.2, -0.15) is 9.97 Å². The molecule has 8 heterocycles. The molecular formula is C61H76FN11O5S. The van der Waals surface area contributed by atoms with Crippen LogP contribution in [-0.2, 0) is 20.8 Å². The number of hydrogen-bond donors (Lipinski definition) is 4. The number of piperazine rings is 1. The van der Waals surface area contributed by atoms with Gasteiger partial charge in [-0.1, -0.05) is 70.2 Å². The Morgan fingerprint density at radius 2 is 1.67 bits per heavy atom. The first-order chi connectivity index (χ1) is 38.1. The lowest BCUT2D eigenvalue weighted by Crippen LogP contribution is -2.59. The first-order valence-corrected chi connectivity index (χ1v) is 29.5. The highest BCUT2D eigenvalue weighted by molar-refractivity contribution is 7.13. The largest absolute Gasteiger partial charge is 0.508 e. The van der Waals surface area contributed by atoms with Crippen molar-refractivity contribution < 1.29 is 28.6 Å². The number of fused-ring (bicyclic) bond motifs is 4. The lowest BCUT2D eigenvalue weighted by atomic mass is 9.83. The van der Waals surface area contributed by atoms with Gasteiger partial charge >= 0.3 is 6.01 Å². The van der Waals surface area contributed by atoms with Gasteiger partial charge in [0.1, 0.15) is 41.5 Å². The number of phenols is 1. The number of ether oxygens (including phenoxy) is 1. The summed E-state index contributed by atoms with van der Waals surface area (Å²) < 4.78 is 23.4. The summed E-state index contributed by atoms with van der Waals surface area (Å²) in [6.07, 6.45) is 9.16. The van der Waals surface area contributed by atoms with E-state index in [0.717, 1.165) is 122 Å². The van der Waals surface area contributed by atoms with Crippen molar-refractivity contribution in [3.63, 3.8) is 0 Å². The molecule has 4 N–H and O–H groups in total. The topological polar surface area (TPSA) is 181 Å². The second-order valence-corrected chi connectivity index (χ2v) is 24.9. The van der Waals surface area contributed by atoms with Gasteiger partial charge in [0.25, 0.3) is 0 Å². The van der Waals surface area contributed by atoms with Crippen molar-refractivity contribution in [1.29, 1.82) is 0 Å². The van der Waals surface area contributed by atoms with Crippen molar-refractivity contribution in [2.75, 3.05) is 70.4 Å². The quantitative estimate of drug-likeness (QED) is 0.0684. The molecule has 18 heteroatoms. The average molecular weight is 1090 g/mol. The Balaban J connectivity index is 0.653. The zero-order valence-corrected chi connectivity index (χ0v) is 47.4. The molecule has 3 amide bonds. The molecule has 5 aliphatic rings. The van der Waals surface area contributed by atoms with Gasteiger partial charge in [-0.15, -0.1) is 11.3 Å². The van der Waals surface area contributed by atoms with Crippen LogP contribution < -0.4 is 25.6 Å². The number of benzene rings is 3. The summed E-state index contributed by atoms with van der Waals surface area (Å²) in [7, 11) is 0. The molecule has 5 saturated heterocycles. The Morgan fingerprint density at radius 1 is 0.911 bits per heavy atom. The first-order valence-electron chi connectivity index (χ1n) is 28.7. The van der Waals surface area contributed by atoms with E-state index in [1.807, 2.05) is 70.5 Å². The average Bonchev–Trinajstić information content (AvgIpc) is 4.33. The summed E-state index contributed by atoms with van der Waals surface area (Å²) in [5.74, 6) is 0.659. The van der Waals surface area contributed by atoms with Crippen LogP contribution in [0, 0.1) is 30.0 Å². The number of nitrogens with one attached hydrogen (secondary N) is 3. The van der Waals surface area contributed by atoms with Crippen LogP contribution in [0.15, 0.2) is 66.3 Å². The minimum atomic E-state index is -0.771. The van der Waals surface area contributed by atoms with E-state index in [1.54, 1.807) is 34.6 Å². The molecule has 2 bridgehead atoms. The SMILES string of the molecule is CCc1cccc2cc(O)cc(-c3ncc4c(N5CC6CCC(C5)N6)nc(OCCN5CCC(CC6CN(CC(=O)NC(C(=O)N7CCCC7C(=O)NC(C)c7ccc(-c8scnc8C)cc7)C(C)(C)C)C6)CC5)nc4c3F)c12. The molecular weight excluding hydrogens is 1020 g/mol. The fourth-order valence-corrected chi connectivity index (χ4v) is 13.8. The Hall–Kier alpha value is -6.34. The molecule has 5 atom stereocenters. The van der Waals surface area contributed by atoms with E-state index in [1.165, 1.54) is 0 Å². The smallest absolute Gasteiger partial charge is 0.319 e. The van der Waals surface area contributed by atoms with E-state index >= 15 is 4.39 Å². The molecule has 0 aliphatic carbocycles. The van der Waals surface area contributed by atoms with Crippen molar-refractivity contribution in [2.24, 2.45) is 17.3 Å². The molecule has 0 spiro atoms. The maximum absolute atomic E-state index is 17.1. The van der Waals surface area contributed by atoms with Crippen LogP contribution >= 0.6 is 11.3 Å². The zero-order chi connectivity index (χ0) is 55.1. The number of likely N-dealkylation sites (tertiary alicyclic amines) is 3. The fourth-order valence-electron chi connectivity index (χ4n) is 13.0. The third-order valence-electron chi connectivity index (χ3n) is 17.3. The molecule has 0 saturated carbocycles. The number of aromatic hydroxyl groups is 1. The molecule has 11 rings (SSSR count). The van der Waals surface area contributed by atoms with Crippen molar-refractivity contribution >= 4 is 56.6 Å². The molecule has 5 unspecified atom stereocenters. The van der Waals surface area contributed by atoms with E-state index in [0.29, 0.717) is 66.8 Å². The number of rotatable bonds is 17. The molecule has 418 valence electrons. The number of aromatic nitrogens is 4. The number of halogens is 1. The van der Waals surface area contributed by atoms with Crippen molar-refractivity contribution in [3.05, 3.63) is 88.9 Å². The van der Waals surface area contributed by atoms with Crippen LogP contribution in [0.5, 0.6) is 11.8 Å². The number of aryl methyl sites for hydroxylation is 2. The normalized spacial score (nSPS) is 21.1. The van der Waals surface area contributed by atoms with E-state index in [-0.39, 0.29) is 53.3 Å². The second kappa shape index (κ2) is 23.0. The number of piperidine rings is 1. The van der Waals surface area contributed by atoms with Crippen molar-refractivity contribution in [1.82, 2.24) is 50.6 Å². The van der Waals surface area contributed by atoms with E-state index in [9.17, 15) is 19.5 Å². The van der Waals surface area contributed by atoms with Crippen molar-refractivity contribution in [3.8, 4) is 33.5 Å². The lowest BCUT2D eigenvalue weighted by Gasteiger charge is -2.42. The van der Waals surface area contributed by atoms with Crippen LogP contribution in [0.25, 0.3) is 43.4 Å². The summed E-state index contributed by atoms with van der Waals surface area (Å²) in [6, 6.07) is 16.6. The minimum absolute atomic E-state index is 0.0440.